The molecule has 1 aliphatic heterocycles. The molecule has 2 aromatic rings. The molecule has 22 heavy (non-hydrogen) atoms. The van der Waals surface area contributed by atoms with Crippen molar-refractivity contribution in [2.45, 2.75) is 26.3 Å². The van der Waals surface area contributed by atoms with E-state index in [4.69, 9.17) is 9.26 Å². The highest BCUT2D eigenvalue weighted by molar-refractivity contribution is 5.96. The summed E-state index contributed by atoms with van der Waals surface area (Å²) in [7, 11) is 3.54. The lowest BCUT2D eigenvalue weighted by Gasteiger charge is -2.35. The monoisotopic (exact) mass is 304 g/mol. The van der Waals surface area contributed by atoms with Gasteiger partial charge in [0.05, 0.1) is 30.2 Å². The van der Waals surface area contributed by atoms with Crippen molar-refractivity contribution in [3.05, 3.63) is 34.5 Å². The van der Waals surface area contributed by atoms with E-state index >= 15 is 0 Å². The molecule has 0 N–H and O–H groups in total. The summed E-state index contributed by atoms with van der Waals surface area (Å²) in [6, 6.07) is -0.151. The Morgan fingerprint density at radius 2 is 2.27 bits per heavy atom. The summed E-state index contributed by atoms with van der Waals surface area (Å²) in [6.07, 6.45) is 2.66. The van der Waals surface area contributed by atoms with Crippen LogP contribution in [0.5, 0.6) is 0 Å². The van der Waals surface area contributed by atoms with Gasteiger partial charge in [-0.25, -0.2) is 0 Å². The number of rotatable bonds is 3. The molecule has 0 spiro atoms. The van der Waals surface area contributed by atoms with Crippen LogP contribution in [0, 0.1) is 13.8 Å². The minimum Gasteiger partial charge on any atom is -0.382 e. The Bertz CT molecular complexity index is 684. The maximum absolute atomic E-state index is 13.0. The van der Waals surface area contributed by atoms with Crippen molar-refractivity contribution >= 4 is 5.91 Å². The fourth-order valence-electron chi connectivity index (χ4n) is 3.16. The van der Waals surface area contributed by atoms with Gasteiger partial charge in [-0.2, -0.15) is 5.10 Å². The Balaban J connectivity index is 2.00. The zero-order valence-electron chi connectivity index (χ0n) is 13.3. The lowest BCUT2D eigenvalue weighted by atomic mass is 9.98. The normalized spacial score (nSPS) is 17.6. The number of methoxy groups -OCH3 is 1. The van der Waals surface area contributed by atoms with Gasteiger partial charge in [0, 0.05) is 20.7 Å². The summed E-state index contributed by atoms with van der Waals surface area (Å²) in [4.78, 5) is 14.8. The molecule has 1 amide bonds. The fraction of sp³-hybridized carbons (Fsp3) is 0.533. The Labute approximate surface area is 128 Å². The van der Waals surface area contributed by atoms with E-state index in [1.165, 1.54) is 5.56 Å². The number of carbonyl (C=O) groups is 1. The van der Waals surface area contributed by atoms with Crippen LogP contribution >= 0.6 is 0 Å². The van der Waals surface area contributed by atoms with Gasteiger partial charge in [0.1, 0.15) is 11.3 Å². The summed E-state index contributed by atoms with van der Waals surface area (Å²) in [5, 5.41) is 8.20. The van der Waals surface area contributed by atoms with Gasteiger partial charge in [-0.05, 0) is 25.8 Å². The number of amides is 1. The number of hydrogen-bond acceptors (Lipinski definition) is 5. The van der Waals surface area contributed by atoms with E-state index in [0.717, 1.165) is 12.1 Å². The average Bonchev–Trinajstić information content (AvgIpc) is 3.03. The first-order chi connectivity index (χ1) is 10.5. The summed E-state index contributed by atoms with van der Waals surface area (Å²) in [5.41, 5.74) is 3.38. The molecule has 0 fully saturated rings. The second kappa shape index (κ2) is 5.57. The van der Waals surface area contributed by atoms with E-state index in [2.05, 4.69) is 10.3 Å². The highest BCUT2D eigenvalue weighted by Gasteiger charge is 2.35. The lowest BCUT2D eigenvalue weighted by molar-refractivity contribution is 0.0483. The number of aryl methyl sites for hydroxylation is 3. The Kier molecular flexibility index (Phi) is 3.74. The topological polar surface area (TPSA) is 73.4 Å². The summed E-state index contributed by atoms with van der Waals surface area (Å²) >= 11 is 0. The van der Waals surface area contributed by atoms with Crippen molar-refractivity contribution < 1.29 is 14.1 Å². The smallest absolute Gasteiger partial charge is 0.260 e. The van der Waals surface area contributed by atoms with Crippen molar-refractivity contribution in [3.63, 3.8) is 0 Å². The first kappa shape index (κ1) is 14.8. The molecule has 3 rings (SSSR count). The minimum atomic E-state index is -0.151. The van der Waals surface area contributed by atoms with Gasteiger partial charge in [0.2, 0.25) is 0 Å². The van der Waals surface area contributed by atoms with Crippen LogP contribution < -0.4 is 0 Å². The van der Waals surface area contributed by atoms with Crippen LogP contribution in [0.15, 0.2) is 10.7 Å². The molecule has 1 aliphatic rings. The SMILES string of the molecule is COCC1c2c(cnn2C)CCN1C(=O)c1c(C)noc1C. The first-order valence-electron chi connectivity index (χ1n) is 7.28. The second-order valence-corrected chi connectivity index (χ2v) is 5.60. The maximum atomic E-state index is 13.0. The quantitative estimate of drug-likeness (QED) is 0.857. The van der Waals surface area contributed by atoms with Gasteiger partial charge in [-0.15, -0.1) is 0 Å². The Hall–Kier alpha value is -2.15. The molecule has 0 aliphatic carbocycles. The van der Waals surface area contributed by atoms with Crippen molar-refractivity contribution in [2.75, 3.05) is 20.3 Å². The number of hydrogen-bond donors (Lipinski definition) is 0. The predicted molar refractivity (Wildman–Crippen MR) is 78.5 cm³/mol. The minimum absolute atomic E-state index is 0.0647. The van der Waals surface area contributed by atoms with Gasteiger partial charge in [0.15, 0.2) is 0 Å². The molecule has 3 heterocycles. The molecule has 2 aromatic heterocycles. The standard InChI is InChI=1S/C15H20N4O3/c1-9-13(10(2)22-17-9)15(20)19-6-5-11-7-16-18(3)14(11)12(19)8-21-4/h7,12H,5-6,8H2,1-4H3. The largest absolute Gasteiger partial charge is 0.382 e. The molecule has 7 heteroatoms. The van der Waals surface area contributed by atoms with Crippen LogP contribution in [0.25, 0.3) is 0 Å². The van der Waals surface area contributed by atoms with Gasteiger partial charge in [-0.3, -0.25) is 9.48 Å². The molecule has 0 bridgehead atoms. The molecule has 0 radical (unpaired) electrons. The molecule has 0 aromatic carbocycles. The maximum Gasteiger partial charge on any atom is 0.260 e. The highest BCUT2D eigenvalue weighted by Crippen LogP contribution is 2.31. The van der Waals surface area contributed by atoms with E-state index in [1.54, 1.807) is 21.0 Å². The molecule has 0 saturated heterocycles. The fourth-order valence-corrected chi connectivity index (χ4v) is 3.16. The van der Waals surface area contributed by atoms with E-state index in [9.17, 15) is 4.79 Å². The number of nitrogens with zero attached hydrogens (tertiary/aromatic N) is 4. The van der Waals surface area contributed by atoms with Crippen LogP contribution in [0.3, 0.4) is 0 Å². The molecule has 118 valence electrons. The first-order valence-corrected chi connectivity index (χ1v) is 7.28. The number of fused-ring (bicyclic) bond motifs is 1. The van der Waals surface area contributed by atoms with Gasteiger partial charge >= 0.3 is 0 Å². The van der Waals surface area contributed by atoms with Crippen molar-refractivity contribution in [3.8, 4) is 0 Å². The molecular weight excluding hydrogens is 284 g/mol. The van der Waals surface area contributed by atoms with E-state index in [1.807, 2.05) is 22.8 Å². The second-order valence-electron chi connectivity index (χ2n) is 5.60. The van der Waals surface area contributed by atoms with Crippen LogP contribution in [0.4, 0.5) is 0 Å². The van der Waals surface area contributed by atoms with Crippen molar-refractivity contribution in [1.29, 1.82) is 0 Å². The zero-order chi connectivity index (χ0) is 15.9. The third kappa shape index (κ3) is 2.21. The van der Waals surface area contributed by atoms with Gasteiger partial charge in [0.25, 0.3) is 5.91 Å². The van der Waals surface area contributed by atoms with E-state index < -0.39 is 0 Å². The average molecular weight is 304 g/mol. The Morgan fingerprint density at radius 1 is 1.50 bits per heavy atom. The third-order valence-electron chi connectivity index (χ3n) is 4.21. The Morgan fingerprint density at radius 3 is 2.91 bits per heavy atom. The number of ether oxygens (including phenoxy) is 1. The van der Waals surface area contributed by atoms with E-state index in [-0.39, 0.29) is 11.9 Å². The van der Waals surface area contributed by atoms with Gasteiger partial charge in [-0.1, -0.05) is 5.16 Å². The van der Waals surface area contributed by atoms with Crippen molar-refractivity contribution in [2.24, 2.45) is 7.05 Å². The van der Waals surface area contributed by atoms with Crippen LogP contribution in [-0.2, 0) is 18.2 Å². The van der Waals surface area contributed by atoms with Crippen LogP contribution in [0.1, 0.15) is 39.1 Å². The van der Waals surface area contributed by atoms with Crippen LogP contribution in [0.2, 0.25) is 0 Å². The number of aromatic nitrogens is 3. The molecule has 7 nitrogen and oxygen atoms in total. The van der Waals surface area contributed by atoms with Gasteiger partial charge < -0.3 is 14.2 Å². The summed E-state index contributed by atoms with van der Waals surface area (Å²) < 4.78 is 12.3. The molecule has 1 atom stereocenters. The third-order valence-corrected chi connectivity index (χ3v) is 4.21. The zero-order valence-corrected chi connectivity index (χ0v) is 13.3. The molecular formula is C15H20N4O3. The van der Waals surface area contributed by atoms with Crippen LogP contribution in [-0.4, -0.2) is 46.0 Å². The highest BCUT2D eigenvalue weighted by atomic mass is 16.5. The predicted octanol–water partition coefficient (Wildman–Crippen LogP) is 1.41. The molecule has 0 saturated carbocycles. The lowest BCUT2D eigenvalue weighted by Crippen LogP contribution is -2.43. The molecule has 1 unspecified atom stereocenters. The number of carbonyl (C=O) groups excluding carboxylic acids is 1. The van der Waals surface area contributed by atoms with Crippen molar-refractivity contribution in [1.82, 2.24) is 19.8 Å². The summed E-state index contributed by atoms with van der Waals surface area (Å²) in [5.74, 6) is 0.486. The summed E-state index contributed by atoms with van der Waals surface area (Å²) in [6.45, 7) is 4.61. The van der Waals surface area contributed by atoms with E-state index in [0.29, 0.717) is 30.2 Å².